The van der Waals surface area contributed by atoms with Gasteiger partial charge in [-0.2, -0.15) is 0 Å². The number of anilines is 1. The highest BCUT2D eigenvalue weighted by molar-refractivity contribution is 6.39. The van der Waals surface area contributed by atoms with Gasteiger partial charge >= 0.3 is 11.7 Å². The van der Waals surface area contributed by atoms with Gasteiger partial charge in [-0.1, -0.05) is 6.07 Å². The molecule has 2 aromatic rings. The number of phenols is 1. The number of ether oxygens (including phenoxy) is 1. The van der Waals surface area contributed by atoms with E-state index in [1.54, 1.807) is 18.2 Å². The van der Waals surface area contributed by atoms with Crippen molar-refractivity contribution in [3.63, 3.8) is 0 Å². The summed E-state index contributed by atoms with van der Waals surface area (Å²) >= 11 is 0. The van der Waals surface area contributed by atoms with Crippen molar-refractivity contribution in [1.82, 2.24) is 5.32 Å². The lowest BCUT2D eigenvalue weighted by atomic mass is 10.0. The maximum Gasteiger partial charge on any atom is 0.335 e. The Morgan fingerprint density at radius 3 is 2.43 bits per heavy atom. The third-order valence-electron chi connectivity index (χ3n) is 4.66. The number of nitrogens with zero attached hydrogens (tertiary/aromatic N) is 2. The van der Waals surface area contributed by atoms with E-state index in [2.05, 4.69) is 5.32 Å². The van der Waals surface area contributed by atoms with Crippen LogP contribution in [0.4, 0.5) is 16.2 Å². The van der Waals surface area contributed by atoms with Crippen LogP contribution in [-0.4, -0.2) is 35.0 Å². The number of imide groups is 2. The number of nitro groups is 1. The zero-order valence-electron chi connectivity index (χ0n) is 16.3. The second kappa shape index (κ2) is 7.66. The van der Waals surface area contributed by atoms with Crippen LogP contribution in [-0.2, 0) is 9.59 Å². The van der Waals surface area contributed by atoms with Gasteiger partial charge in [0.2, 0.25) is 5.75 Å². The van der Waals surface area contributed by atoms with Crippen LogP contribution >= 0.6 is 0 Å². The molecule has 2 N–H and O–H groups in total. The fourth-order valence-electron chi connectivity index (χ4n) is 2.92. The monoisotopic (exact) mass is 411 g/mol. The minimum atomic E-state index is -0.945. The van der Waals surface area contributed by atoms with Gasteiger partial charge < -0.3 is 9.84 Å². The summed E-state index contributed by atoms with van der Waals surface area (Å²) in [6.07, 6.45) is 1.09. The lowest BCUT2D eigenvalue weighted by Gasteiger charge is -2.26. The number of nitrogens with one attached hydrogen (secondary N) is 1. The van der Waals surface area contributed by atoms with Gasteiger partial charge in [0.05, 0.1) is 17.7 Å². The number of phenolic OH excluding ortho intramolecular Hbond substituents is 1. The Morgan fingerprint density at radius 1 is 1.13 bits per heavy atom. The molecule has 10 heteroatoms. The highest BCUT2D eigenvalue weighted by Crippen LogP contribution is 2.37. The van der Waals surface area contributed by atoms with Gasteiger partial charge in [-0.3, -0.25) is 25.0 Å². The molecule has 4 amide bonds. The Labute approximate surface area is 170 Å². The number of rotatable bonds is 4. The third-order valence-corrected chi connectivity index (χ3v) is 4.66. The Morgan fingerprint density at radius 2 is 1.83 bits per heavy atom. The average Bonchev–Trinajstić information content (AvgIpc) is 2.68. The maximum atomic E-state index is 12.9. The Kier molecular flexibility index (Phi) is 5.24. The molecule has 1 saturated heterocycles. The van der Waals surface area contributed by atoms with Gasteiger partial charge in [-0.05, 0) is 54.8 Å². The van der Waals surface area contributed by atoms with Crippen LogP contribution < -0.4 is 15.0 Å². The van der Waals surface area contributed by atoms with Crippen molar-refractivity contribution >= 4 is 35.3 Å². The van der Waals surface area contributed by atoms with Gasteiger partial charge in [-0.15, -0.1) is 0 Å². The number of amides is 4. The largest absolute Gasteiger partial charge is 0.500 e. The van der Waals surface area contributed by atoms with Gasteiger partial charge in [0.1, 0.15) is 5.57 Å². The number of benzene rings is 2. The molecular formula is C20H17N3O7. The number of carbonyl (C=O) groups excluding carboxylic acids is 3. The summed E-state index contributed by atoms with van der Waals surface area (Å²) in [5.41, 5.74) is 1.06. The van der Waals surface area contributed by atoms with E-state index in [4.69, 9.17) is 4.74 Å². The summed E-state index contributed by atoms with van der Waals surface area (Å²) in [6, 6.07) is 6.25. The summed E-state index contributed by atoms with van der Waals surface area (Å²) in [5.74, 6) is -2.72. The first-order valence-electron chi connectivity index (χ1n) is 8.68. The fourth-order valence-corrected chi connectivity index (χ4v) is 2.92. The van der Waals surface area contributed by atoms with Crippen LogP contribution in [0.15, 0.2) is 35.9 Å². The van der Waals surface area contributed by atoms with Crippen molar-refractivity contribution < 1.29 is 29.2 Å². The predicted octanol–water partition coefficient (Wildman–Crippen LogP) is 2.59. The van der Waals surface area contributed by atoms with Crippen LogP contribution in [0.1, 0.15) is 16.7 Å². The lowest BCUT2D eigenvalue weighted by molar-refractivity contribution is -0.386. The molecule has 0 saturated carbocycles. The molecular weight excluding hydrogens is 394 g/mol. The van der Waals surface area contributed by atoms with Gasteiger partial charge in [-0.25, -0.2) is 9.69 Å². The molecule has 10 nitrogen and oxygen atoms in total. The van der Waals surface area contributed by atoms with Crippen LogP contribution in [0.2, 0.25) is 0 Å². The normalized spacial score (nSPS) is 15.4. The van der Waals surface area contributed by atoms with Gasteiger partial charge in [0, 0.05) is 6.07 Å². The molecule has 30 heavy (non-hydrogen) atoms. The highest BCUT2D eigenvalue weighted by Gasteiger charge is 2.37. The molecule has 0 radical (unpaired) electrons. The van der Waals surface area contributed by atoms with E-state index in [9.17, 15) is 29.6 Å². The zero-order valence-corrected chi connectivity index (χ0v) is 16.3. The van der Waals surface area contributed by atoms with Crippen molar-refractivity contribution in [1.29, 1.82) is 0 Å². The molecule has 0 spiro atoms. The van der Waals surface area contributed by atoms with Crippen molar-refractivity contribution in [3.05, 3.63) is 62.7 Å². The molecule has 1 fully saturated rings. The summed E-state index contributed by atoms with van der Waals surface area (Å²) in [6.45, 7) is 3.69. The molecule has 1 aliphatic rings. The SMILES string of the molecule is COc1cc(/C=C2\C(=O)NC(=O)N(c3ccc(C)c(C)c3)C2=O)cc([N+](=O)[O-])c1O. The van der Waals surface area contributed by atoms with E-state index in [0.29, 0.717) is 0 Å². The fraction of sp³-hybridized carbons (Fsp3) is 0.150. The van der Waals surface area contributed by atoms with E-state index < -0.39 is 39.8 Å². The molecule has 2 aromatic carbocycles. The van der Waals surface area contributed by atoms with E-state index in [0.717, 1.165) is 28.2 Å². The number of aryl methyl sites for hydroxylation is 2. The summed E-state index contributed by atoms with van der Waals surface area (Å²) in [4.78, 5) is 48.7. The third kappa shape index (κ3) is 3.58. The number of methoxy groups -OCH3 is 1. The second-order valence-electron chi connectivity index (χ2n) is 6.57. The highest BCUT2D eigenvalue weighted by atomic mass is 16.6. The molecule has 0 atom stereocenters. The maximum absolute atomic E-state index is 12.9. The molecule has 0 aliphatic carbocycles. The number of urea groups is 1. The number of barbiturate groups is 1. The summed E-state index contributed by atoms with van der Waals surface area (Å²) in [5, 5.41) is 23.1. The molecule has 0 bridgehead atoms. The van der Waals surface area contributed by atoms with Crippen LogP contribution in [0.25, 0.3) is 6.08 Å². The quantitative estimate of drug-likeness (QED) is 0.341. The van der Waals surface area contributed by atoms with Crippen LogP contribution in [0.3, 0.4) is 0 Å². The number of hydrogen-bond acceptors (Lipinski definition) is 7. The minimum Gasteiger partial charge on any atom is -0.500 e. The molecule has 1 heterocycles. The van der Waals surface area contributed by atoms with Crippen molar-refractivity contribution in [3.8, 4) is 11.5 Å². The number of carbonyl (C=O) groups is 3. The molecule has 154 valence electrons. The number of aromatic hydroxyl groups is 1. The van der Waals surface area contributed by atoms with E-state index >= 15 is 0 Å². The summed E-state index contributed by atoms with van der Waals surface area (Å²) < 4.78 is 4.92. The van der Waals surface area contributed by atoms with Gasteiger partial charge in [0.15, 0.2) is 5.75 Å². The van der Waals surface area contributed by atoms with Crippen LogP contribution in [0, 0.1) is 24.0 Å². The first-order chi connectivity index (χ1) is 14.1. The first-order valence-corrected chi connectivity index (χ1v) is 8.68. The van der Waals surface area contributed by atoms with Crippen molar-refractivity contribution in [2.75, 3.05) is 12.0 Å². The first kappa shape index (κ1) is 20.5. The van der Waals surface area contributed by atoms with E-state index in [-0.39, 0.29) is 17.0 Å². The second-order valence-corrected chi connectivity index (χ2v) is 6.57. The molecule has 1 aliphatic heterocycles. The summed E-state index contributed by atoms with van der Waals surface area (Å²) in [7, 11) is 1.20. The number of nitro benzene ring substituents is 1. The molecule has 0 aromatic heterocycles. The number of hydrogen-bond donors (Lipinski definition) is 2. The zero-order chi connectivity index (χ0) is 22.2. The van der Waals surface area contributed by atoms with E-state index in [1.165, 1.54) is 13.2 Å². The van der Waals surface area contributed by atoms with Crippen molar-refractivity contribution in [2.45, 2.75) is 13.8 Å². The van der Waals surface area contributed by atoms with Gasteiger partial charge in [0.25, 0.3) is 11.8 Å². The molecule has 3 rings (SSSR count). The Balaban J connectivity index is 2.10. The smallest absolute Gasteiger partial charge is 0.335 e. The van der Waals surface area contributed by atoms with E-state index in [1.807, 2.05) is 13.8 Å². The van der Waals surface area contributed by atoms with Crippen molar-refractivity contribution in [2.24, 2.45) is 0 Å². The predicted molar refractivity (Wildman–Crippen MR) is 106 cm³/mol. The van der Waals surface area contributed by atoms with Crippen LogP contribution in [0.5, 0.6) is 11.5 Å². The Bertz CT molecular complexity index is 1140. The molecule has 0 unspecified atom stereocenters. The Hall–Kier alpha value is -4.21. The lowest BCUT2D eigenvalue weighted by Crippen LogP contribution is -2.54. The standard InChI is InChI=1S/C20H17N3O7/c1-10-4-5-13(6-11(10)2)22-19(26)14(18(25)21-20(22)27)7-12-8-15(23(28)29)17(24)16(9-12)30-3/h4-9,24H,1-3H3,(H,21,25,27)/b14-7+. The minimum absolute atomic E-state index is 0.0595. The average molecular weight is 411 g/mol. The topological polar surface area (TPSA) is 139 Å².